The van der Waals surface area contributed by atoms with Gasteiger partial charge in [-0.25, -0.2) is 0 Å². The van der Waals surface area contributed by atoms with Gasteiger partial charge in [0, 0.05) is 5.69 Å². The molecule has 1 saturated heterocycles. The van der Waals surface area contributed by atoms with Crippen LogP contribution in [0, 0.1) is 20.8 Å². The number of nitrogens with one attached hydrogen (secondary N) is 2. The Morgan fingerprint density at radius 3 is 2.39 bits per heavy atom. The lowest BCUT2D eigenvalue weighted by Crippen LogP contribution is -3.15. The maximum absolute atomic E-state index is 12.9. The molecule has 2 aliphatic heterocycles. The van der Waals surface area contributed by atoms with Crippen molar-refractivity contribution in [2.24, 2.45) is 0 Å². The van der Waals surface area contributed by atoms with Crippen molar-refractivity contribution >= 4 is 17.5 Å². The van der Waals surface area contributed by atoms with Crippen molar-refractivity contribution in [3.05, 3.63) is 53.1 Å². The second-order valence-corrected chi connectivity index (χ2v) is 8.44. The van der Waals surface area contributed by atoms with Crippen LogP contribution >= 0.6 is 0 Å². The molecular weight excluding hydrogens is 394 g/mol. The van der Waals surface area contributed by atoms with E-state index in [1.54, 1.807) is 0 Å². The van der Waals surface area contributed by atoms with Crippen LogP contribution in [-0.4, -0.2) is 62.1 Å². The highest BCUT2D eigenvalue weighted by Gasteiger charge is 2.34. The van der Waals surface area contributed by atoms with Crippen molar-refractivity contribution in [3.63, 3.8) is 0 Å². The summed E-state index contributed by atoms with van der Waals surface area (Å²) in [6, 6.07) is 11.5. The maximum atomic E-state index is 12.9. The third kappa shape index (κ3) is 4.82. The van der Waals surface area contributed by atoms with Gasteiger partial charge in [0.05, 0.1) is 26.2 Å². The summed E-state index contributed by atoms with van der Waals surface area (Å²) in [7, 11) is 0. The van der Waals surface area contributed by atoms with E-state index in [0.717, 1.165) is 29.9 Å². The summed E-state index contributed by atoms with van der Waals surface area (Å²) in [4.78, 5) is 28.5. The average Bonchev–Trinajstić information content (AvgIpc) is 2.76. The molecule has 0 spiro atoms. The van der Waals surface area contributed by atoms with Gasteiger partial charge in [-0.05, 0) is 44.0 Å². The molecule has 1 atom stereocenters. The van der Waals surface area contributed by atoms with E-state index >= 15 is 0 Å². The fraction of sp³-hybridized carbons (Fsp3) is 0.417. The highest BCUT2D eigenvalue weighted by Crippen LogP contribution is 2.31. The first kappa shape index (κ1) is 21.2. The lowest BCUT2D eigenvalue weighted by atomic mass is 10.1. The van der Waals surface area contributed by atoms with E-state index in [1.165, 1.54) is 10.5 Å². The molecule has 2 aromatic carbocycles. The highest BCUT2D eigenvalue weighted by molar-refractivity contribution is 5.93. The van der Waals surface area contributed by atoms with Crippen LogP contribution < -0.4 is 19.7 Å². The normalized spacial score (nSPS) is 18.5. The zero-order valence-electron chi connectivity index (χ0n) is 18.4. The van der Waals surface area contributed by atoms with Crippen LogP contribution in [0.4, 0.5) is 5.69 Å². The van der Waals surface area contributed by atoms with Crippen molar-refractivity contribution in [1.82, 2.24) is 4.90 Å². The van der Waals surface area contributed by atoms with Gasteiger partial charge < -0.3 is 24.6 Å². The van der Waals surface area contributed by atoms with Gasteiger partial charge in [-0.2, -0.15) is 0 Å². The quantitative estimate of drug-likeness (QED) is 0.772. The van der Waals surface area contributed by atoms with E-state index in [0.29, 0.717) is 31.1 Å². The largest absolute Gasteiger partial charge is 0.485 e. The molecule has 2 N–H and O–H groups in total. The van der Waals surface area contributed by atoms with E-state index in [4.69, 9.17) is 9.47 Å². The molecule has 0 radical (unpaired) electrons. The van der Waals surface area contributed by atoms with Gasteiger partial charge in [-0.15, -0.1) is 0 Å². The van der Waals surface area contributed by atoms with E-state index in [9.17, 15) is 9.59 Å². The van der Waals surface area contributed by atoms with Crippen LogP contribution in [0.5, 0.6) is 11.5 Å². The number of ether oxygens (including phenoxy) is 2. The molecule has 4 rings (SSSR count). The van der Waals surface area contributed by atoms with Crippen LogP contribution in [0.25, 0.3) is 0 Å². The standard InChI is InChI=1S/C24H29N3O4/c1-16-12-17(2)23(18(3)13-16)25-22(28)14-26-8-10-27(11-9-26)24(29)21-15-30-19-6-4-5-7-20(19)31-21/h4-7,12-13,21H,8-11,14-15H2,1-3H3,(H,25,28)/p+1/t21-/m1/s1. The first-order valence-electron chi connectivity index (χ1n) is 10.8. The van der Waals surface area contributed by atoms with Gasteiger partial charge in [0.1, 0.15) is 6.61 Å². The molecule has 2 amide bonds. The first-order valence-corrected chi connectivity index (χ1v) is 10.8. The second kappa shape index (κ2) is 8.98. The Hall–Kier alpha value is -3.06. The lowest BCUT2D eigenvalue weighted by Gasteiger charge is -2.35. The Balaban J connectivity index is 1.27. The Morgan fingerprint density at radius 2 is 1.71 bits per heavy atom. The molecule has 164 valence electrons. The summed E-state index contributed by atoms with van der Waals surface area (Å²) < 4.78 is 11.5. The van der Waals surface area contributed by atoms with Crippen molar-refractivity contribution in [2.75, 3.05) is 44.6 Å². The number of carbonyl (C=O) groups excluding carboxylic acids is 2. The predicted octanol–water partition coefficient (Wildman–Crippen LogP) is 1.12. The van der Waals surface area contributed by atoms with Gasteiger partial charge in [0.2, 0.25) is 6.10 Å². The molecule has 0 bridgehead atoms. The first-order chi connectivity index (χ1) is 14.9. The summed E-state index contributed by atoms with van der Waals surface area (Å²) >= 11 is 0. The number of carbonyl (C=O) groups is 2. The minimum Gasteiger partial charge on any atom is -0.485 e. The third-order valence-electron chi connectivity index (χ3n) is 5.92. The molecule has 31 heavy (non-hydrogen) atoms. The van der Waals surface area contributed by atoms with Gasteiger partial charge in [0.15, 0.2) is 18.0 Å². The molecule has 0 aromatic heterocycles. The zero-order chi connectivity index (χ0) is 22.0. The van der Waals surface area contributed by atoms with Crippen LogP contribution in [0.2, 0.25) is 0 Å². The van der Waals surface area contributed by atoms with E-state index in [1.807, 2.05) is 43.0 Å². The van der Waals surface area contributed by atoms with Crippen molar-refractivity contribution in [2.45, 2.75) is 26.9 Å². The molecule has 0 unspecified atom stereocenters. The number of aryl methyl sites for hydroxylation is 3. The second-order valence-electron chi connectivity index (χ2n) is 8.44. The van der Waals surface area contributed by atoms with Crippen molar-refractivity contribution in [3.8, 4) is 11.5 Å². The number of rotatable bonds is 4. The average molecular weight is 425 g/mol. The molecule has 2 aliphatic rings. The fourth-order valence-corrected chi connectivity index (χ4v) is 4.35. The Morgan fingerprint density at radius 1 is 1.06 bits per heavy atom. The maximum Gasteiger partial charge on any atom is 0.279 e. The van der Waals surface area contributed by atoms with E-state index in [-0.39, 0.29) is 18.4 Å². The third-order valence-corrected chi connectivity index (χ3v) is 5.92. The molecule has 2 heterocycles. The Labute approximate surface area is 182 Å². The molecular formula is C24H30N3O4+. The number of quaternary nitrogens is 1. The summed E-state index contributed by atoms with van der Waals surface area (Å²) in [5.41, 5.74) is 4.24. The molecule has 7 nitrogen and oxygen atoms in total. The minimum atomic E-state index is -0.618. The van der Waals surface area contributed by atoms with Gasteiger partial charge in [-0.3, -0.25) is 9.59 Å². The predicted molar refractivity (Wildman–Crippen MR) is 118 cm³/mol. The number of hydrogen-bond donors (Lipinski definition) is 2. The molecule has 7 heteroatoms. The number of benzene rings is 2. The van der Waals surface area contributed by atoms with E-state index in [2.05, 4.69) is 24.4 Å². The van der Waals surface area contributed by atoms with Crippen LogP contribution in [0.15, 0.2) is 36.4 Å². The number of nitrogens with zero attached hydrogens (tertiary/aromatic N) is 1. The van der Waals surface area contributed by atoms with Crippen LogP contribution in [0.3, 0.4) is 0 Å². The van der Waals surface area contributed by atoms with Crippen LogP contribution in [-0.2, 0) is 9.59 Å². The Kier molecular flexibility index (Phi) is 6.13. The van der Waals surface area contributed by atoms with Gasteiger partial charge in [0.25, 0.3) is 11.8 Å². The van der Waals surface area contributed by atoms with Gasteiger partial charge in [-0.1, -0.05) is 29.8 Å². The summed E-state index contributed by atoms with van der Waals surface area (Å²) in [6.45, 7) is 9.37. The lowest BCUT2D eigenvalue weighted by molar-refractivity contribution is -0.895. The number of para-hydroxylation sites is 2. The number of piperazine rings is 1. The van der Waals surface area contributed by atoms with Crippen LogP contribution in [0.1, 0.15) is 16.7 Å². The SMILES string of the molecule is Cc1cc(C)c(NC(=O)C[NH+]2CCN(C(=O)[C@H]3COc4ccccc4O3)CC2)c(C)c1. The number of fused-ring (bicyclic) bond motifs is 1. The smallest absolute Gasteiger partial charge is 0.279 e. The summed E-state index contributed by atoms with van der Waals surface area (Å²) in [5, 5.41) is 3.07. The van der Waals surface area contributed by atoms with Gasteiger partial charge >= 0.3 is 0 Å². The fourth-order valence-electron chi connectivity index (χ4n) is 4.35. The van der Waals surface area contributed by atoms with E-state index < -0.39 is 6.10 Å². The summed E-state index contributed by atoms with van der Waals surface area (Å²) in [5.74, 6) is 1.23. The van der Waals surface area contributed by atoms with Crippen molar-refractivity contribution < 1.29 is 24.0 Å². The zero-order valence-corrected chi connectivity index (χ0v) is 18.4. The monoisotopic (exact) mass is 424 g/mol. The van der Waals surface area contributed by atoms with Crippen molar-refractivity contribution in [1.29, 1.82) is 0 Å². The minimum absolute atomic E-state index is 0.00505. The summed E-state index contributed by atoms with van der Waals surface area (Å²) in [6.07, 6.45) is -0.618. The molecule has 0 saturated carbocycles. The molecule has 2 aromatic rings. The number of anilines is 1. The topological polar surface area (TPSA) is 72.3 Å². The molecule has 1 fully saturated rings. The molecule has 0 aliphatic carbocycles. The number of amides is 2. The number of hydrogen-bond acceptors (Lipinski definition) is 4. The Bertz CT molecular complexity index is 960. The highest BCUT2D eigenvalue weighted by atomic mass is 16.6.